The van der Waals surface area contributed by atoms with Crippen molar-refractivity contribution in [1.82, 2.24) is 50.6 Å². The first-order valence-corrected chi connectivity index (χ1v) is 21.7. The number of aromatic nitrogens is 7. The van der Waals surface area contributed by atoms with Crippen LogP contribution in [0.25, 0.3) is 33.7 Å². The first kappa shape index (κ1) is 41.6. The number of nitrogens with zero attached hydrogens (tertiary/aromatic N) is 10. The molecule has 0 saturated carbocycles. The van der Waals surface area contributed by atoms with Crippen molar-refractivity contribution >= 4 is 46.1 Å². The Hall–Kier alpha value is -6.75. The van der Waals surface area contributed by atoms with Gasteiger partial charge in [0, 0.05) is 75.1 Å². The van der Waals surface area contributed by atoms with Crippen molar-refractivity contribution in [3.8, 4) is 22.6 Å². The van der Waals surface area contributed by atoms with Crippen LogP contribution < -0.4 is 25.3 Å². The number of imide groups is 1. The van der Waals surface area contributed by atoms with Gasteiger partial charge in [0.1, 0.15) is 17.8 Å². The molecule has 3 fully saturated rings. The van der Waals surface area contributed by atoms with Gasteiger partial charge in [-0.3, -0.25) is 29.7 Å². The second-order valence-corrected chi connectivity index (χ2v) is 17.9. The lowest BCUT2D eigenvalue weighted by atomic mass is 9.95. The summed E-state index contributed by atoms with van der Waals surface area (Å²) in [5.41, 5.74) is 8.01. The second kappa shape index (κ2) is 17.2. The van der Waals surface area contributed by atoms with E-state index in [-0.39, 0.29) is 29.7 Å². The van der Waals surface area contributed by atoms with Gasteiger partial charge in [-0.15, -0.1) is 0 Å². The monoisotopic (exact) mass is 851 g/mol. The quantitative estimate of drug-likeness (QED) is 0.144. The predicted molar refractivity (Wildman–Crippen MR) is 240 cm³/mol. The van der Waals surface area contributed by atoms with Crippen LogP contribution in [0.1, 0.15) is 80.6 Å². The summed E-state index contributed by atoms with van der Waals surface area (Å²) < 4.78 is 5.25. The molecule has 9 rings (SSSR count). The number of nitrogens with one attached hydrogen (secondary N) is 3. The number of rotatable bonds is 10. The number of aryl methyl sites for hydroxylation is 1. The molecule has 1 atom stereocenters. The molecule has 1 aromatic carbocycles. The summed E-state index contributed by atoms with van der Waals surface area (Å²) in [5.74, 6) is 0.982. The Bertz CT molecular complexity index is 2620. The normalized spacial score (nSPS) is 17.3. The molecule has 63 heavy (non-hydrogen) atoms. The Balaban J connectivity index is 0.768. The van der Waals surface area contributed by atoms with Gasteiger partial charge < -0.3 is 24.6 Å². The third-order valence-electron chi connectivity index (χ3n) is 12.4. The van der Waals surface area contributed by atoms with Crippen molar-refractivity contribution in [1.29, 1.82) is 0 Å². The number of amides is 4. The van der Waals surface area contributed by atoms with E-state index in [4.69, 9.17) is 9.51 Å². The number of hydrogen-bond donors (Lipinski definition) is 3. The highest BCUT2D eigenvalue weighted by Gasteiger charge is 2.28. The molecule has 5 aromatic heterocycles. The van der Waals surface area contributed by atoms with Crippen LogP contribution in [-0.4, -0.2) is 110 Å². The van der Waals surface area contributed by atoms with Crippen LogP contribution in [0.2, 0.25) is 0 Å². The third-order valence-corrected chi connectivity index (χ3v) is 12.4. The molecule has 4 amide bonds. The van der Waals surface area contributed by atoms with Gasteiger partial charge in [-0.2, -0.15) is 4.98 Å². The Morgan fingerprint density at radius 1 is 0.889 bits per heavy atom. The lowest BCUT2D eigenvalue weighted by molar-refractivity contribution is -0.120. The van der Waals surface area contributed by atoms with E-state index < -0.39 is 11.9 Å². The van der Waals surface area contributed by atoms with Crippen molar-refractivity contribution in [3.05, 3.63) is 90.1 Å². The fourth-order valence-electron chi connectivity index (χ4n) is 8.74. The molecule has 326 valence electrons. The maximum absolute atomic E-state index is 12.9. The Kier molecular flexibility index (Phi) is 11.4. The lowest BCUT2D eigenvalue weighted by Crippen LogP contribution is -2.50. The molecule has 0 spiro atoms. The van der Waals surface area contributed by atoms with Crippen LogP contribution >= 0.6 is 0 Å². The van der Waals surface area contributed by atoms with E-state index in [0.29, 0.717) is 24.1 Å². The summed E-state index contributed by atoms with van der Waals surface area (Å²) in [6.45, 7) is 17.2. The van der Waals surface area contributed by atoms with Crippen molar-refractivity contribution in [2.75, 3.05) is 67.1 Å². The summed E-state index contributed by atoms with van der Waals surface area (Å²) in [6.07, 6.45) is 7.91. The van der Waals surface area contributed by atoms with Gasteiger partial charge in [0.25, 0.3) is 0 Å². The Morgan fingerprint density at radius 2 is 1.63 bits per heavy atom. The summed E-state index contributed by atoms with van der Waals surface area (Å²) in [4.78, 5) is 71.9. The van der Waals surface area contributed by atoms with Crippen LogP contribution in [-0.2, 0) is 10.2 Å². The van der Waals surface area contributed by atoms with Gasteiger partial charge in [-0.25, -0.2) is 19.7 Å². The molecular weight excluding hydrogens is 799 g/mol. The number of piperidine rings is 1. The second-order valence-electron chi connectivity index (χ2n) is 17.9. The maximum Gasteiger partial charge on any atom is 0.329 e. The molecule has 8 heterocycles. The van der Waals surface area contributed by atoms with Gasteiger partial charge in [-0.05, 0) is 80.1 Å². The van der Waals surface area contributed by atoms with Crippen LogP contribution in [0.3, 0.4) is 0 Å². The number of benzene rings is 1. The van der Waals surface area contributed by atoms with Crippen molar-refractivity contribution in [2.45, 2.75) is 65.3 Å². The van der Waals surface area contributed by atoms with E-state index >= 15 is 0 Å². The average Bonchev–Trinajstić information content (AvgIpc) is 3.97. The molecule has 0 radical (unpaired) electrons. The molecule has 3 aliphatic rings. The van der Waals surface area contributed by atoms with E-state index in [1.165, 1.54) is 4.90 Å². The van der Waals surface area contributed by atoms with E-state index in [2.05, 4.69) is 79.7 Å². The highest BCUT2D eigenvalue weighted by molar-refractivity contribution is 6.05. The third kappa shape index (κ3) is 8.96. The van der Waals surface area contributed by atoms with Crippen molar-refractivity contribution in [3.63, 3.8) is 0 Å². The van der Waals surface area contributed by atoms with Crippen LogP contribution in [0, 0.1) is 12.8 Å². The number of urea groups is 1. The molecule has 0 aliphatic carbocycles. The minimum atomic E-state index is -0.415. The highest BCUT2D eigenvalue weighted by Crippen LogP contribution is 2.33. The Labute approximate surface area is 365 Å². The summed E-state index contributed by atoms with van der Waals surface area (Å²) in [5, 5.41) is 10.2. The number of hydrogen-bond acceptors (Lipinski definition) is 13. The van der Waals surface area contributed by atoms with Gasteiger partial charge in [-0.1, -0.05) is 38.1 Å². The first-order chi connectivity index (χ1) is 30.4. The molecule has 0 bridgehead atoms. The zero-order valence-electron chi connectivity index (χ0n) is 36.4. The minimum absolute atomic E-state index is 0.0518. The van der Waals surface area contributed by atoms with Gasteiger partial charge in [0.05, 0.1) is 46.9 Å². The fraction of sp³-hybridized carbons (Fsp3) is 0.413. The number of H-pyrrole nitrogens is 1. The average molecular weight is 852 g/mol. The van der Waals surface area contributed by atoms with E-state index in [0.717, 1.165) is 115 Å². The standard InChI is InChI=1S/C46H53N13O4/c1-28-22-31(6-9-34(28)29(2)51-42(61)43-54-44(55-63-43)46(3,4)5)40-35-23-37(52-41(35)50-27-49-40)36-10-7-32(24-47-36)58-20-18-56(19-21-58)26-30-12-15-57(16-13-30)33-8-11-38(48-25-33)59-17-14-39(60)53-45(59)62/h6-11,22-25,27,29-30H,12-21,26H2,1-5H3,(H,51,61)(H,49,50,52)(H,53,60,62). The minimum Gasteiger partial charge on any atom is -0.370 e. The number of aromatic amines is 1. The fourth-order valence-corrected chi connectivity index (χ4v) is 8.74. The summed E-state index contributed by atoms with van der Waals surface area (Å²) in [6, 6.07) is 15.6. The van der Waals surface area contributed by atoms with Gasteiger partial charge in [0.2, 0.25) is 5.91 Å². The lowest BCUT2D eigenvalue weighted by Gasteiger charge is -2.40. The van der Waals surface area contributed by atoms with Crippen LogP contribution in [0.4, 0.5) is 22.0 Å². The van der Waals surface area contributed by atoms with E-state index in [1.807, 2.05) is 71.3 Å². The molecule has 17 nitrogen and oxygen atoms in total. The number of carbonyl (C=O) groups is 3. The van der Waals surface area contributed by atoms with Gasteiger partial charge in [0.15, 0.2) is 5.82 Å². The topological polar surface area (TPSA) is 194 Å². The number of fused-ring (bicyclic) bond motifs is 1. The van der Waals surface area contributed by atoms with Crippen molar-refractivity contribution in [2.24, 2.45) is 5.92 Å². The highest BCUT2D eigenvalue weighted by atomic mass is 16.5. The zero-order valence-corrected chi connectivity index (χ0v) is 36.4. The Morgan fingerprint density at radius 3 is 2.30 bits per heavy atom. The number of anilines is 3. The molecule has 6 aromatic rings. The van der Waals surface area contributed by atoms with Gasteiger partial charge >= 0.3 is 17.8 Å². The number of piperazine rings is 1. The van der Waals surface area contributed by atoms with Crippen molar-refractivity contribution < 1.29 is 18.9 Å². The number of carbonyl (C=O) groups excluding carboxylic acids is 3. The molecule has 3 aliphatic heterocycles. The maximum atomic E-state index is 12.9. The zero-order chi connectivity index (χ0) is 43.8. The van der Waals surface area contributed by atoms with E-state index in [1.54, 1.807) is 6.33 Å². The van der Waals surface area contributed by atoms with Crippen LogP contribution in [0.15, 0.2) is 71.8 Å². The summed E-state index contributed by atoms with van der Waals surface area (Å²) >= 11 is 0. The predicted octanol–water partition coefficient (Wildman–Crippen LogP) is 6.05. The van der Waals surface area contributed by atoms with E-state index in [9.17, 15) is 14.4 Å². The molecule has 3 N–H and O–H groups in total. The summed E-state index contributed by atoms with van der Waals surface area (Å²) in [7, 11) is 0. The molecule has 17 heteroatoms. The van der Waals surface area contributed by atoms with Crippen LogP contribution in [0.5, 0.6) is 0 Å². The molecule has 1 unspecified atom stereocenters. The molecule has 3 saturated heterocycles. The largest absolute Gasteiger partial charge is 0.370 e. The number of pyridine rings is 2. The molecular formula is C46H53N13O4. The SMILES string of the molecule is Cc1cc(-c2ncnc3[nH]c(-c4ccc(N5CCN(CC6CCN(c7ccc(N8CCC(=O)NC8=O)nc7)CC6)CC5)cn4)cc23)ccc1C(C)NC(=O)c1nc(C(C)(C)C)no1. The first-order valence-electron chi connectivity index (χ1n) is 21.7. The smallest absolute Gasteiger partial charge is 0.329 e.